The van der Waals surface area contributed by atoms with Crippen molar-refractivity contribution in [2.24, 2.45) is 0 Å². The van der Waals surface area contributed by atoms with Crippen molar-refractivity contribution < 1.29 is 43.4 Å². The molecule has 2 aliphatic heterocycles. The van der Waals surface area contributed by atoms with Crippen LogP contribution in [0, 0.1) is 0 Å². The highest BCUT2D eigenvalue weighted by Gasteiger charge is 2.53. The monoisotopic (exact) mass is 773 g/mol. The number of aliphatic hydroxyl groups is 2. The van der Waals surface area contributed by atoms with Gasteiger partial charge in [-0.1, -0.05) is 109 Å². The first kappa shape index (κ1) is 38.5. The zero-order chi connectivity index (χ0) is 39.0. The van der Waals surface area contributed by atoms with Gasteiger partial charge in [-0.25, -0.2) is 15.0 Å². The van der Waals surface area contributed by atoms with E-state index in [0.29, 0.717) is 17.8 Å². The first-order valence-corrected chi connectivity index (χ1v) is 18.8. The Morgan fingerprint density at radius 1 is 0.702 bits per heavy atom. The van der Waals surface area contributed by atoms with Gasteiger partial charge in [0.1, 0.15) is 43.0 Å². The van der Waals surface area contributed by atoms with Gasteiger partial charge in [-0.2, -0.15) is 0 Å². The molecule has 57 heavy (non-hydrogen) atoms. The molecule has 2 aliphatic rings. The van der Waals surface area contributed by atoms with Crippen LogP contribution in [0.3, 0.4) is 0 Å². The van der Waals surface area contributed by atoms with Gasteiger partial charge in [0.2, 0.25) is 0 Å². The number of carbonyl (C=O) groups excluding carboxylic acids is 1. The predicted molar refractivity (Wildman–Crippen MR) is 206 cm³/mol. The molecule has 0 saturated carbocycles. The highest BCUT2D eigenvalue weighted by Crippen LogP contribution is 2.38. The molecule has 14 heteroatoms. The van der Waals surface area contributed by atoms with Crippen LogP contribution in [0.5, 0.6) is 0 Å². The van der Waals surface area contributed by atoms with Crippen molar-refractivity contribution in [1.29, 1.82) is 0 Å². The molecular weight excluding hydrogens is 730 g/mol. The normalized spacial score (nSPS) is 24.5. The number of aliphatic hydroxyl groups excluding tert-OH is 2. The van der Waals surface area contributed by atoms with Gasteiger partial charge in [-0.05, 0) is 28.8 Å². The molecule has 1 amide bonds. The van der Waals surface area contributed by atoms with Gasteiger partial charge < -0.3 is 44.0 Å². The lowest BCUT2D eigenvalue weighted by atomic mass is 10.1. The Hall–Kier alpha value is -5.42. The molecule has 2 fully saturated rings. The maximum Gasteiger partial charge on any atom is 0.256 e. The van der Waals surface area contributed by atoms with Crippen LogP contribution in [0.25, 0.3) is 11.2 Å². The number of imidazole rings is 1. The average molecular weight is 774 g/mol. The summed E-state index contributed by atoms with van der Waals surface area (Å²) in [7, 11) is 0. The predicted octanol–water partition coefficient (Wildman–Crippen LogP) is 4.83. The number of amides is 1. The summed E-state index contributed by atoms with van der Waals surface area (Å²) in [5, 5.41) is 24.7. The molecule has 8 rings (SSSR count). The largest absolute Gasteiger partial charge is 0.394 e. The molecule has 0 spiro atoms. The molecule has 0 aliphatic carbocycles. The maximum absolute atomic E-state index is 13.0. The van der Waals surface area contributed by atoms with E-state index in [0.717, 1.165) is 16.7 Å². The summed E-state index contributed by atoms with van der Waals surface area (Å²) >= 11 is 0. The fourth-order valence-corrected chi connectivity index (χ4v) is 7.01. The molecule has 4 aromatic carbocycles. The van der Waals surface area contributed by atoms with Gasteiger partial charge in [0, 0.05) is 5.56 Å². The third kappa shape index (κ3) is 8.94. The molecule has 2 aromatic heterocycles. The molecular formula is C43H43N5O9. The van der Waals surface area contributed by atoms with Crippen LogP contribution in [0.1, 0.15) is 33.3 Å². The number of aromatic nitrogens is 4. The number of rotatable bonds is 16. The fourth-order valence-electron chi connectivity index (χ4n) is 7.01. The molecule has 4 heterocycles. The minimum absolute atomic E-state index is 0.159. The van der Waals surface area contributed by atoms with Gasteiger partial charge >= 0.3 is 0 Å². The van der Waals surface area contributed by atoms with Crippen LogP contribution >= 0.6 is 0 Å². The molecule has 2 saturated heterocycles. The summed E-state index contributed by atoms with van der Waals surface area (Å²) in [6.45, 7) is 0.523. The van der Waals surface area contributed by atoms with Crippen molar-refractivity contribution in [3.05, 3.63) is 156 Å². The molecule has 3 N–H and O–H groups in total. The van der Waals surface area contributed by atoms with Crippen molar-refractivity contribution in [3.8, 4) is 0 Å². The summed E-state index contributed by atoms with van der Waals surface area (Å²) in [5.41, 5.74) is 3.94. The Morgan fingerprint density at radius 2 is 1.30 bits per heavy atom. The molecule has 0 radical (unpaired) electrons. The van der Waals surface area contributed by atoms with Gasteiger partial charge in [0.15, 0.2) is 29.5 Å². The van der Waals surface area contributed by atoms with Crippen LogP contribution < -0.4 is 5.32 Å². The highest BCUT2D eigenvalue weighted by atomic mass is 16.7. The van der Waals surface area contributed by atoms with E-state index in [4.69, 9.17) is 28.4 Å². The van der Waals surface area contributed by atoms with Gasteiger partial charge in [0.25, 0.3) is 5.91 Å². The Balaban J connectivity index is 1.08. The summed E-state index contributed by atoms with van der Waals surface area (Å²) in [5.74, 6) is -0.182. The molecule has 6 aromatic rings. The van der Waals surface area contributed by atoms with Crippen molar-refractivity contribution >= 4 is 22.9 Å². The molecule has 0 unspecified atom stereocenters. The van der Waals surface area contributed by atoms with Crippen LogP contribution in [0.15, 0.2) is 134 Å². The Morgan fingerprint density at radius 3 is 1.93 bits per heavy atom. The van der Waals surface area contributed by atoms with Gasteiger partial charge in [0.05, 0.1) is 39.4 Å². The lowest BCUT2D eigenvalue weighted by Gasteiger charge is -2.29. The second-order valence-electron chi connectivity index (χ2n) is 13.8. The Kier molecular flexibility index (Phi) is 12.3. The number of nitrogens with one attached hydrogen (secondary N) is 1. The quantitative estimate of drug-likeness (QED) is 0.123. The number of anilines is 1. The number of fused-ring (bicyclic) bond motifs is 1. The number of hydrogen-bond donors (Lipinski definition) is 3. The summed E-state index contributed by atoms with van der Waals surface area (Å²) < 4.78 is 40.5. The third-order valence-corrected chi connectivity index (χ3v) is 9.92. The number of carbonyl (C=O) groups is 1. The molecule has 294 valence electrons. The Labute approximate surface area is 328 Å². The molecule has 14 nitrogen and oxygen atoms in total. The van der Waals surface area contributed by atoms with Gasteiger partial charge in [-0.15, -0.1) is 0 Å². The average Bonchev–Trinajstić information content (AvgIpc) is 3.93. The zero-order valence-electron chi connectivity index (χ0n) is 30.9. The standard InChI is InChI=1S/C43H43N5O9/c49-21-32-35(50)37(42(55-32)48-27-46-34-39(44-26-45-40(34)48)47-41(51)31-19-11-4-12-20-31)57-43-38(54-24-30-17-9-3-10-18-30)36(53-23-29-15-7-2-8-16-29)33(56-43)25-52-22-28-13-5-1-6-14-28/h1-20,26-27,32-33,35-38,42-43,49-50H,21-25H2,(H,44,45,47,51)/t32-,33-,35-,36-,37-,38-,42-,43-/m1/s1. The van der Waals surface area contributed by atoms with E-state index in [1.165, 1.54) is 12.7 Å². The minimum atomic E-state index is -1.30. The van der Waals surface area contributed by atoms with E-state index in [-0.39, 0.29) is 37.1 Å². The molecule has 8 atom stereocenters. The van der Waals surface area contributed by atoms with E-state index < -0.39 is 55.7 Å². The Bertz CT molecular complexity index is 2180. The summed E-state index contributed by atoms with van der Waals surface area (Å²) in [6, 6.07) is 38.1. The van der Waals surface area contributed by atoms with Crippen LogP contribution in [0.2, 0.25) is 0 Å². The lowest BCUT2D eigenvalue weighted by molar-refractivity contribution is -0.229. The smallest absolute Gasteiger partial charge is 0.256 e. The van der Waals surface area contributed by atoms with Crippen LogP contribution in [-0.2, 0) is 48.2 Å². The first-order chi connectivity index (χ1) is 28.1. The number of nitrogens with zero attached hydrogens (tertiary/aromatic N) is 4. The van der Waals surface area contributed by atoms with Crippen molar-refractivity contribution in [2.75, 3.05) is 18.5 Å². The number of benzene rings is 4. The van der Waals surface area contributed by atoms with Crippen molar-refractivity contribution in [3.63, 3.8) is 0 Å². The second-order valence-corrected chi connectivity index (χ2v) is 13.8. The van der Waals surface area contributed by atoms with E-state index >= 15 is 0 Å². The van der Waals surface area contributed by atoms with E-state index in [1.54, 1.807) is 28.8 Å². The first-order valence-electron chi connectivity index (χ1n) is 18.8. The molecule has 0 bridgehead atoms. The van der Waals surface area contributed by atoms with E-state index in [9.17, 15) is 15.0 Å². The van der Waals surface area contributed by atoms with E-state index in [1.807, 2.05) is 97.1 Å². The van der Waals surface area contributed by atoms with Crippen LogP contribution in [0.4, 0.5) is 5.82 Å². The minimum Gasteiger partial charge on any atom is -0.394 e. The third-order valence-electron chi connectivity index (χ3n) is 9.92. The zero-order valence-corrected chi connectivity index (χ0v) is 30.9. The van der Waals surface area contributed by atoms with E-state index in [2.05, 4.69) is 20.3 Å². The van der Waals surface area contributed by atoms with Crippen molar-refractivity contribution in [2.45, 2.75) is 69.0 Å². The van der Waals surface area contributed by atoms with Crippen LogP contribution in [-0.4, -0.2) is 91.8 Å². The SMILES string of the molecule is O=C(Nc1ncnc2c1ncn2[C@@H]1O[C@H](CO)[C@@H](O)[C@H]1O[C@H]1O[C@H](COCc2ccccc2)[C@@H](OCc2ccccc2)[C@H]1OCc1ccccc1)c1ccccc1. The summed E-state index contributed by atoms with van der Waals surface area (Å²) in [6.07, 6.45) is -4.84. The number of hydrogen-bond acceptors (Lipinski definition) is 12. The van der Waals surface area contributed by atoms with Gasteiger partial charge in [-0.3, -0.25) is 9.36 Å². The maximum atomic E-state index is 13.0. The number of ether oxygens (including phenoxy) is 6. The summed E-state index contributed by atoms with van der Waals surface area (Å²) in [4.78, 5) is 26.3. The fraction of sp³-hybridized carbons (Fsp3) is 0.302. The lowest BCUT2D eigenvalue weighted by Crippen LogP contribution is -2.43. The second kappa shape index (κ2) is 18.2. The highest BCUT2D eigenvalue weighted by molar-refractivity contribution is 6.06. The van der Waals surface area contributed by atoms with Crippen molar-refractivity contribution in [1.82, 2.24) is 19.5 Å². The topological polar surface area (TPSA) is 169 Å².